The van der Waals surface area contributed by atoms with Crippen LogP contribution in [0.1, 0.15) is 86.5 Å². The lowest BCUT2D eigenvalue weighted by Gasteiger charge is -2.27. The molecule has 2 aliphatic rings. The third-order valence-electron chi connectivity index (χ3n) is 6.77. The van der Waals surface area contributed by atoms with Gasteiger partial charge in [0.15, 0.2) is 11.6 Å². The lowest BCUT2D eigenvalue weighted by atomic mass is 9.89. The Kier molecular flexibility index (Phi) is 10.7. The van der Waals surface area contributed by atoms with Crippen molar-refractivity contribution in [3.8, 4) is 0 Å². The maximum Gasteiger partial charge on any atom is 0.237 e. The van der Waals surface area contributed by atoms with Gasteiger partial charge in [0.1, 0.15) is 5.60 Å². The van der Waals surface area contributed by atoms with Gasteiger partial charge < -0.3 is 20.3 Å². The van der Waals surface area contributed by atoms with Gasteiger partial charge in [0.25, 0.3) is 0 Å². The number of Topliss-reactive ketones (excluding diaryl/α,β-unsaturated/α-hetero) is 2. The van der Waals surface area contributed by atoms with Gasteiger partial charge in [-0.15, -0.1) is 0 Å². The third kappa shape index (κ3) is 8.15. The summed E-state index contributed by atoms with van der Waals surface area (Å²) in [5.41, 5.74) is -0.809. The number of rotatable bonds is 15. The number of nitrogens with zero attached hydrogens (tertiary/aromatic N) is 1. The first kappa shape index (κ1) is 28.4. The molecule has 8 heteroatoms. The molecule has 194 valence electrons. The van der Waals surface area contributed by atoms with Crippen molar-refractivity contribution in [3.05, 3.63) is 0 Å². The van der Waals surface area contributed by atoms with E-state index in [1.807, 2.05) is 34.6 Å². The number of amides is 2. The van der Waals surface area contributed by atoms with Gasteiger partial charge in [-0.2, -0.15) is 0 Å². The summed E-state index contributed by atoms with van der Waals surface area (Å²) in [5.74, 6) is -0.753. The predicted octanol–water partition coefficient (Wildman–Crippen LogP) is 2.63. The van der Waals surface area contributed by atoms with Crippen LogP contribution in [0.3, 0.4) is 0 Å². The summed E-state index contributed by atoms with van der Waals surface area (Å²) in [4.78, 5) is 53.8. The molecular weight excluding hydrogens is 434 g/mol. The van der Waals surface area contributed by atoms with Gasteiger partial charge in [-0.25, -0.2) is 0 Å². The Labute approximate surface area is 204 Å². The highest BCUT2D eigenvalue weighted by Crippen LogP contribution is 2.30. The fourth-order valence-electron chi connectivity index (χ4n) is 4.56. The van der Waals surface area contributed by atoms with E-state index in [1.165, 1.54) is 0 Å². The van der Waals surface area contributed by atoms with Gasteiger partial charge >= 0.3 is 0 Å². The minimum atomic E-state index is -0.809. The van der Waals surface area contributed by atoms with Crippen LogP contribution >= 0.6 is 0 Å². The van der Waals surface area contributed by atoms with Crippen LogP contribution < -0.4 is 10.6 Å². The van der Waals surface area contributed by atoms with Gasteiger partial charge in [-0.05, 0) is 38.5 Å². The first-order valence-electron chi connectivity index (χ1n) is 13.0. The van der Waals surface area contributed by atoms with Gasteiger partial charge in [0.05, 0.1) is 25.2 Å². The van der Waals surface area contributed by atoms with Crippen molar-refractivity contribution in [3.63, 3.8) is 0 Å². The van der Waals surface area contributed by atoms with Crippen molar-refractivity contribution in [2.24, 2.45) is 11.8 Å². The molecule has 2 heterocycles. The highest BCUT2D eigenvalue weighted by Gasteiger charge is 2.50. The highest BCUT2D eigenvalue weighted by molar-refractivity contribution is 5.98. The second-order valence-corrected chi connectivity index (χ2v) is 10.9. The summed E-state index contributed by atoms with van der Waals surface area (Å²) in [6.45, 7) is 12.9. The van der Waals surface area contributed by atoms with Crippen LogP contribution in [0, 0.1) is 11.8 Å². The topological polar surface area (TPSA) is 108 Å². The monoisotopic (exact) mass is 479 g/mol. The molecule has 0 spiro atoms. The first-order chi connectivity index (χ1) is 16.0. The normalized spacial score (nSPS) is 23.8. The van der Waals surface area contributed by atoms with Gasteiger partial charge in [0, 0.05) is 24.9 Å². The summed E-state index contributed by atoms with van der Waals surface area (Å²) in [5, 5.41) is 6.08. The average Bonchev–Trinajstić information content (AvgIpc) is 3.32. The van der Waals surface area contributed by atoms with Crippen LogP contribution in [-0.4, -0.2) is 71.7 Å². The van der Waals surface area contributed by atoms with Crippen molar-refractivity contribution in [1.29, 1.82) is 0 Å². The molecule has 0 saturated carbocycles. The predicted molar refractivity (Wildman–Crippen MR) is 131 cm³/mol. The van der Waals surface area contributed by atoms with Gasteiger partial charge in [-0.3, -0.25) is 19.2 Å². The fraction of sp³-hybridized carbons (Fsp3) is 0.846. The zero-order valence-electron chi connectivity index (χ0n) is 21.9. The Hall–Kier alpha value is -1.80. The molecule has 0 aliphatic carbocycles. The van der Waals surface area contributed by atoms with Crippen LogP contribution in [0.4, 0.5) is 0 Å². The molecule has 2 fully saturated rings. The standard InChI is InChI=1S/C26H45N3O5/c1-7-8-10-19(25(33)28-20(13-17(2)3)24(32)26(6)16-34-26)14-22(30)21-11-9-12-29(21)23(31)15-27-18(4)5/h17-21,27H,7-16H2,1-6H3,(H,28,33)/t19-,20+,21+,26-/m1/s1. The molecule has 4 atom stereocenters. The van der Waals surface area contributed by atoms with E-state index in [1.54, 1.807) is 11.8 Å². The number of hydrogen-bond acceptors (Lipinski definition) is 6. The van der Waals surface area contributed by atoms with Crippen molar-refractivity contribution in [2.45, 2.75) is 110 Å². The lowest BCUT2D eigenvalue weighted by Crippen LogP contribution is -2.49. The van der Waals surface area contributed by atoms with E-state index in [0.29, 0.717) is 32.4 Å². The quantitative estimate of drug-likeness (QED) is 0.350. The Morgan fingerprint density at radius 3 is 2.38 bits per heavy atom. The highest BCUT2D eigenvalue weighted by atomic mass is 16.6. The molecular formula is C26H45N3O5. The van der Waals surface area contributed by atoms with Crippen LogP contribution in [0.2, 0.25) is 0 Å². The SMILES string of the molecule is CCCC[C@H](CC(=O)[C@@H]1CCCN1C(=O)CNC(C)C)C(=O)N[C@@H](CC(C)C)C(=O)[C@@]1(C)CO1. The van der Waals surface area contributed by atoms with E-state index in [4.69, 9.17) is 4.74 Å². The Balaban J connectivity index is 2.06. The summed E-state index contributed by atoms with van der Waals surface area (Å²) in [6, 6.07) is -0.899. The smallest absolute Gasteiger partial charge is 0.237 e. The number of ketones is 2. The number of unbranched alkanes of at least 4 members (excludes halogenated alkanes) is 1. The second kappa shape index (κ2) is 12.8. The first-order valence-corrected chi connectivity index (χ1v) is 13.0. The summed E-state index contributed by atoms with van der Waals surface area (Å²) >= 11 is 0. The summed E-state index contributed by atoms with van der Waals surface area (Å²) in [6.07, 6.45) is 4.37. The molecule has 2 amide bonds. The molecule has 0 aromatic rings. The van der Waals surface area contributed by atoms with Crippen LogP contribution in [0.5, 0.6) is 0 Å². The van der Waals surface area contributed by atoms with E-state index in [2.05, 4.69) is 10.6 Å². The number of epoxide rings is 1. The molecule has 0 radical (unpaired) electrons. The molecule has 0 aromatic heterocycles. The zero-order chi connectivity index (χ0) is 25.5. The summed E-state index contributed by atoms with van der Waals surface area (Å²) < 4.78 is 5.33. The number of nitrogens with one attached hydrogen (secondary N) is 2. The van der Waals surface area contributed by atoms with Gasteiger partial charge in [-0.1, -0.05) is 47.5 Å². The number of carbonyl (C=O) groups excluding carboxylic acids is 4. The van der Waals surface area contributed by atoms with E-state index >= 15 is 0 Å². The number of ether oxygens (including phenoxy) is 1. The molecule has 0 aromatic carbocycles. The largest absolute Gasteiger partial charge is 0.361 e. The molecule has 34 heavy (non-hydrogen) atoms. The molecule has 8 nitrogen and oxygen atoms in total. The lowest BCUT2D eigenvalue weighted by molar-refractivity contribution is -0.139. The summed E-state index contributed by atoms with van der Waals surface area (Å²) in [7, 11) is 0. The molecule has 2 N–H and O–H groups in total. The maximum atomic E-state index is 13.3. The van der Waals surface area contributed by atoms with E-state index in [0.717, 1.165) is 19.3 Å². The van der Waals surface area contributed by atoms with E-state index in [-0.39, 0.29) is 48.3 Å². The van der Waals surface area contributed by atoms with Crippen LogP contribution in [0.15, 0.2) is 0 Å². The molecule has 2 saturated heterocycles. The maximum absolute atomic E-state index is 13.3. The Morgan fingerprint density at radius 2 is 1.82 bits per heavy atom. The van der Waals surface area contributed by atoms with Crippen molar-refractivity contribution in [1.82, 2.24) is 15.5 Å². The molecule has 0 bridgehead atoms. The number of likely N-dealkylation sites (tertiary alicyclic amines) is 1. The van der Waals surface area contributed by atoms with Crippen molar-refractivity contribution >= 4 is 23.4 Å². The number of carbonyl (C=O) groups is 4. The minimum Gasteiger partial charge on any atom is -0.361 e. The zero-order valence-corrected chi connectivity index (χ0v) is 21.9. The Morgan fingerprint density at radius 1 is 1.15 bits per heavy atom. The van der Waals surface area contributed by atoms with Crippen LogP contribution in [0.25, 0.3) is 0 Å². The minimum absolute atomic E-state index is 0.0594. The van der Waals surface area contributed by atoms with Crippen LogP contribution in [-0.2, 0) is 23.9 Å². The van der Waals surface area contributed by atoms with E-state index < -0.39 is 23.6 Å². The van der Waals surface area contributed by atoms with Crippen molar-refractivity contribution < 1.29 is 23.9 Å². The molecule has 2 rings (SSSR count). The fourth-order valence-corrected chi connectivity index (χ4v) is 4.56. The van der Waals surface area contributed by atoms with Gasteiger partial charge in [0.2, 0.25) is 11.8 Å². The third-order valence-corrected chi connectivity index (χ3v) is 6.77. The molecule has 0 unspecified atom stereocenters. The van der Waals surface area contributed by atoms with Crippen molar-refractivity contribution in [2.75, 3.05) is 19.7 Å². The number of hydrogen-bond donors (Lipinski definition) is 2. The average molecular weight is 480 g/mol. The van der Waals surface area contributed by atoms with E-state index in [9.17, 15) is 19.2 Å². The Bertz CT molecular complexity index is 732. The second-order valence-electron chi connectivity index (χ2n) is 10.9. The molecule has 2 aliphatic heterocycles.